The standard InChI is InChI=1S/C14H18N2O4/c17-13(18)7-6-11-9-15-12(14(11,19)16-20)8-10-4-2-1-3-5-10/h1-5,11-12,15,19H,6-9H2,(H,17,18). The Labute approximate surface area is 116 Å². The Kier molecular flexibility index (Phi) is 4.46. The zero-order valence-corrected chi connectivity index (χ0v) is 11.0. The van der Waals surface area contributed by atoms with Crippen molar-refractivity contribution in [1.82, 2.24) is 5.32 Å². The summed E-state index contributed by atoms with van der Waals surface area (Å²) in [7, 11) is 0. The number of hydrogen-bond donors (Lipinski definition) is 3. The van der Waals surface area contributed by atoms with Crippen LogP contribution in [0.15, 0.2) is 35.5 Å². The molecule has 3 atom stereocenters. The van der Waals surface area contributed by atoms with E-state index in [-0.39, 0.29) is 12.8 Å². The van der Waals surface area contributed by atoms with Gasteiger partial charge in [-0.15, -0.1) is 4.91 Å². The summed E-state index contributed by atoms with van der Waals surface area (Å²) in [6, 6.07) is 9.01. The number of benzene rings is 1. The molecule has 0 aromatic heterocycles. The minimum Gasteiger partial charge on any atom is -0.481 e. The molecule has 0 spiro atoms. The van der Waals surface area contributed by atoms with Crippen molar-refractivity contribution in [1.29, 1.82) is 0 Å². The molecule has 1 aromatic rings. The van der Waals surface area contributed by atoms with Crippen LogP contribution in [0.5, 0.6) is 0 Å². The smallest absolute Gasteiger partial charge is 0.303 e. The van der Waals surface area contributed by atoms with Gasteiger partial charge in [-0.3, -0.25) is 4.79 Å². The highest BCUT2D eigenvalue weighted by Crippen LogP contribution is 2.33. The van der Waals surface area contributed by atoms with Crippen molar-refractivity contribution in [3.8, 4) is 0 Å². The molecule has 0 aliphatic carbocycles. The molecule has 1 aromatic carbocycles. The second-order valence-electron chi connectivity index (χ2n) is 5.15. The van der Waals surface area contributed by atoms with E-state index in [0.717, 1.165) is 5.56 Å². The maximum atomic E-state index is 11.1. The van der Waals surface area contributed by atoms with Gasteiger partial charge in [0, 0.05) is 18.9 Å². The summed E-state index contributed by atoms with van der Waals surface area (Å²) in [5, 5.41) is 25.2. The molecule has 6 heteroatoms. The highest BCUT2D eigenvalue weighted by atomic mass is 16.4. The number of carbonyl (C=O) groups is 1. The Morgan fingerprint density at radius 2 is 2.10 bits per heavy atom. The van der Waals surface area contributed by atoms with Crippen molar-refractivity contribution in [2.24, 2.45) is 11.1 Å². The molecule has 0 amide bonds. The molecule has 20 heavy (non-hydrogen) atoms. The lowest BCUT2D eigenvalue weighted by atomic mass is 9.88. The average molecular weight is 278 g/mol. The van der Waals surface area contributed by atoms with Gasteiger partial charge in [0.25, 0.3) is 0 Å². The lowest BCUT2D eigenvalue weighted by molar-refractivity contribution is -0.137. The summed E-state index contributed by atoms with van der Waals surface area (Å²) in [6.45, 7) is 0.396. The van der Waals surface area contributed by atoms with Crippen molar-refractivity contribution in [2.45, 2.75) is 31.0 Å². The molecule has 1 fully saturated rings. The number of carboxylic acids is 1. The van der Waals surface area contributed by atoms with Crippen molar-refractivity contribution in [2.75, 3.05) is 6.54 Å². The zero-order valence-electron chi connectivity index (χ0n) is 11.0. The van der Waals surface area contributed by atoms with Crippen LogP contribution in [-0.4, -0.2) is 34.5 Å². The van der Waals surface area contributed by atoms with E-state index in [0.29, 0.717) is 13.0 Å². The largest absolute Gasteiger partial charge is 0.481 e. The van der Waals surface area contributed by atoms with Crippen LogP contribution in [0.4, 0.5) is 0 Å². The Hall–Kier alpha value is -1.79. The first-order valence-electron chi connectivity index (χ1n) is 6.62. The number of nitrogens with zero attached hydrogens (tertiary/aromatic N) is 1. The van der Waals surface area contributed by atoms with E-state index in [2.05, 4.69) is 10.5 Å². The molecular weight excluding hydrogens is 260 g/mol. The maximum Gasteiger partial charge on any atom is 0.303 e. The molecule has 3 N–H and O–H groups in total. The van der Waals surface area contributed by atoms with Gasteiger partial charge in [0.15, 0.2) is 0 Å². The molecule has 3 unspecified atom stereocenters. The van der Waals surface area contributed by atoms with Crippen molar-refractivity contribution >= 4 is 5.97 Å². The molecule has 1 heterocycles. The fourth-order valence-corrected chi connectivity index (χ4v) is 2.69. The normalized spacial score (nSPS) is 29.2. The highest BCUT2D eigenvalue weighted by Gasteiger charge is 2.50. The minimum atomic E-state index is -1.74. The quantitative estimate of drug-likeness (QED) is 0.678. The summed E-state index contributed by atoms with van der Waals surface area (Å²) in [4.78, 5) is 21.7. The van der Waals surface area contributed by atoms with Crippen LogP contribution in [0.2, 0.25) is 0 Å². The monoisotopic (exact) mass is 278 g/mol. The van der Waals surface area contributed by atoms with Crippen molar-refractivity contribution < 1.29 is 15.0 Å². The summed E-state index contributed by atoms with van der Waals surface area (Å²) in [5.74, 6) is -1.41. The van der Waals surface area contributed by atoms with Gasteiger partial charge in [0.2, 0.25) is 5.72 Å². The molecule has 0 radical (unpaired) electrons. The predicted molar refractivity (Wildman–Crippen MR) is 73.0 cm³/mol. The fourth-order valence-electron chi connectivity index (χ4n) is 2.69. The van der Waals surface area contributed by atoms with Crippen LogP contribution in [0.3, 0.4) is 0 Å². The van der Waals surface area contributed by atoms with E-state index in [9.17, 15) is 14.8 Å². The third-order valence-electron chi connectivity index (χ3n) is 3.86. The molecule has 6 nitrogen and oxygen atoms in total. The van der Waals surface area contributed by atoms with Crippen molar-refractivity contribution in [3.05, 3.63) is 40.8 Å². The summed E-state index contributed by atoms with van der Waals surface area (Å²) >= 11 is 0. The Balaban J connectivity index is 2.07. The van der Waals surface area contributed by atoms with Gasteiger partial charge in [0.05, 0.1) is 6.04 Å². The molecule has 108 valence electrons. The lowest BCUT2D eigenvalue weighted by Crippen LogP contribution is -2.45. The fraction of sp³-hybridized carbons (Fsp3) is 0.500. The van der Waals surface area contributed by atoms with E-state index < -0.39 is 23.7 Å². The van der Waals surface area contributed by atoms with Gasteiger partial charge >= 0.3 is 5.97 Å². The summed E-state index contributed by atoms with van der Waals surface area (Å²) in [6.07, 6.45) is 0.630. The second-order valence-corrected chi connectivity index (χ2v) is 5.15. The molecule has 0 saturated carbocycles. The van der Waals surface area contributed by atoms with E-state index in [1.54, 1.807) is 0 Å². The van der Waals surface area contributed by atoms with Gasteiger partial charge in [-0.2, -0.15) is 0 Å². The first-order chi connectivity index (χ1) is 9.56. The number of aliphatic hydroxyl groups is 1. The number of carboxylic acid groups (broad SMARTS) is 1. The first-order valence-corrected chi connectivity index (χ1v) is 6.62. The minimum absolute atomic E-state index is 0.0811. The Bertz CT molecular complexity index is 479. The molecular formula is C14H18N2O4. The molecule has 1 aliphatic heterocycles. The lowest BCUT2D eigenvalue weighted by Gasteiger charge is -2.27. The molecule has 1 saturated heterocycles. The van der Waals surface area contributed by atoms with Gasteiger partial charge in [-0.05, 0) is 23.6 Å². The van der Waals surface area contributed by atoms with Gasteiger partial charge < -0.3 is 15.5 Å². The van der Waals surface area contributed by atoms with Gasteiger partial charge in [0.1, 0.15) is 0 Å². The number of aliphatic carboxylic acids is 1. The van der Waals surface area contributed by atoms with Gasteiger partial charge in [-0.1, -0.05) is 30.3 Å². The van der Waals surface area contributed by atoms with Crippen LogP contribution in [0, 0.1) is 10.8 Å². The van der Waals surface area contributed by atoms with Crippen LogP contribution in [0.25, 0.3) is 0 Å². The van der Waals surface area contributed by atoms with E-state index in [1.165, 1.54) is 0 Å². The Morgan fingerprint density at radius 3 is 2.70 bits per heavy atom. The Morgan fingerprint density at radius 1 is 1.40 bits per heavy atom. The van der Waals surface area contributed by atoms with Crippen LogP contribution in [0.1, 0.15) is 18.4 Å². The maximum absolute atomic E-state index is 11.1. The summed E-state index contributed by atoms with van der Waals surface area (Å²) in [5.41, 5.74) is -0.753. The molecule has 1 aliphatic rings. The van der Waals surface area contributed by atoms with E-state index in [4.69, 9.17) is 5.11 Å². The highest BCUT2D eigenvalue weighted by molar-refractivity contribution is 5.66. The third-order valence-corrected chi connectivity index (χ3v) is 3.86. The van der Waals surface area contributed by atoms with Gasteiger partial charge in [-0.25, -0.2) is 0 Å². The van der Waals surface area contributed by atoms with Crippen molar-refractivity contribution in [3.63, 3.8) is 0 Å². The first kappa shape index (κ1) is 14.6. The summed E-state index contributed by atoms with van der Waals surface area (Å²) < 4.78 is 0. The SMILES string of the molecule is O=NC1(O)C(CCC(=O)O)CNC1Cc1ccccc1. The number of nitrogens with one attached hydrogen (secondary N) is 1. The third kappa shape index (κ3) is 3.02. The average Bonchev–Trinajstić information content (AvgIpc) is 2.75. The zero-order chi connectivity index (χ0) is 14.6. The number of nitroso groups, excluding NO2 is 1. The van der Waals surface area contributed by atoms with Crippen LogP contribution in [-0.2, 0) is 11.2 Å². The number of rotatable bonds is 6. The topological polar surface area (TPSA) is 99.0 Å². The second kappa shape index (κ2) is 6.11. The predicted octanol–water partition coefficient (Wildman–Crippen LogP) is 1.14. The van der Waals surface area contributed by atoms with E-state index >= 15 is 0 Å². The molecule has 0 bridgehead atoms. The van der Waals surface area contributed by atoms with E-state index in [1.807, 2.05) is 30.3 Å². The number of hydrogen-bond acceptors (Lipinski definition) is 5. The van der Waals surface area contributed by atoms with Crippen LogP contribution < -0.4 is 5.32 Å². The molecule has 2 rings (SSSR count). The van der Waals surface area contributed by atoms with Crippen LogP contribution >= 0.6 is 0 Å².